The highest BCUT2D eigenvalue weighted by Crippen LogP contribution is 2.26. The molecule has 0 unspecified atom stereocenters. The molecule has 1 heterocycles. The molecule has 0 radical (unpaired) electrons. The maximum atomic E-state index is 12.4. The van der Waals surface area contributed by atoms with Gasteiger partial charge in [0, 0.05) is 28.8 Å². The molecule has 1 aliphatic rings. The molecule has 1 atom stereocenters. The van der Waals surface area contributed by atoms with Crippen molar-refractivity contribution in [3.63, 3.8) is 0 Å². The third-order valence-electron chi connectivity index (χ3n) is 5.18. The summed E-state index contributed by atoms with van der Waals surface area (Å²) in [5.74, 6) is -1.63. The highest BCUT2D eigenvalue weighted by atomic mass is 79.9. The van der Waals surface area contributed by atoms with Crippen LogP contribution in [0.5, 0.6) is 0 Å². The highest BCUT2D eigenvalue weighted by Gasteiger charge is 2.36. The van der Waals surface area contributed by atoms with E-state index in [1.54, 1.807) is 11.0 Å². The first-order chi connectivity index (χ1) is 14.4. The molecule has 3 rings (SSSR count). The van der Waals surface area contributed by atoms with Gasteiger partial charge in [-0.15, -0.1) is 0 Å². The van der Waals surface area contributed by atoms with Crippen LogP contribution >= 0.6 is 15.9 Å². The second-order valence-electron chi connectivity index (χ2n) is 7.24. The van der Waals surface area contributed by atoms with E-state index in [0.717, 1.165) is 28.6 Å². The van der Waals surface area contributed by atoms with Crippen LogP contribution in [-0.4, -0.2) is 30.9 Å². The van der Waals surface area contributed by atoms with Crippen molar-refractivity contribution in [1.82, 2.24) is 0 Å². The molecule has 158 valence electrons. The fraction of sp³-hybridized carbons (Fsp3) is 0.348. The van der Waals surface area contributed by atoms with Gasteiger partial charge >= 0.3 is 5.97 Å². The lowest BCUT2D eigenvalue weighted by Crippen LogP contribution is -2.28. The Labute approximate surface area is 184 Å². The van der Waals surface area contributed by atoms with Gasteiger partial charge in [0.15, 0.2) is 6.61 Å². The molecule has 0 bridgehead atoms. The van der Waals surface area contributed by atoms with E-state index >= 15 is 0 Å². The first-order valence-corrected chi connectivity index (χ1v) is 10.8. The number of benzene rings is 2. The number of hydrogen-bond donors (Lipinski definition) is 1. The number of nitrogens with one attached hydrogen (secondary N) is 1. The maximum absolute atomic E-state index is 12.4. The summed E-state index contributed by atoms with van der Waals surface area (Å²) in [6, 6.07) is 13.3. The van der Waals surface area contributed by atoms with Crippen LogP contribution in [0.2, 0.25) is 0 Å². The monoisotopic (exact) mass is 472 g/mol. The van der Waals surface area contributed by atoms with Gasteiger partial charge in [0.1, 0.15) is 0 Å². The van der Waals surface area contributed by atoms with Gasteiger partial charge in [0.25, 0.3) is 5.91 Å². The van der Waals surface area contributed by atoms with Gasteiger partial charge in [-0.05, 0) is 54.3 Å². The Kier molecular flexibility index (Phi) is 7.26. The predicted octanol–water partition coefficient (Wildman–Crippen LogP) is 4.11. The summed E-state index contributed by atoms with van der Waals surface area (Å²) in [4.78, 5) is 38.6. The molecule has 1 fully saturated rings. The van der Waals surface area contributed by atoms with Gasteiger partial charge in [-0.25, -0.2) is 0 Å². The van der Waals surface area contributed by atoms with Crippen molar-refractivity contribution in [3.05, 3.63) is 58.1 Å². The first kappa shape index (κ1) is 22.0. The Morgan fingerprint density at radius 2 is 1.87 bits per heavy atom. The van der Waals surface area contributed by atoms with E-state index in [-0.39, 0.29) is 25.5 Å². The zero-order valence-electron chi connectivity index (χ0n) is 17.1. The van der Waals surface area contributed by atoms with Gasteiger partial charge < -0.3 is 15.0 Å². The molecule has 2 aromatic carbocycles. The molecular formula is C23H25BrN2O4. The van der Waals surface area contributed by atoms with Crippen molar-refractivity contribution in [2.45, 2.75) is 33.1 Å². The average Bonchev–Trinajstić information content (AvgIpc) is 3.15. The van der Waals surface area contributed by atoms with Gasteiger partial charge in [-0.3, -0.25) is 14.4 Å². The molecule has 0 aromatic heterocycles. The Morgan fingerprint density at radius 3 is 2.53 bits per heavy atom. The predicted molar refractivity (Wildman–Crippen MR) is 119 cm³/mol. The minimum Gasteiger partial charge on any atom is -0.455 e. The van der Waals surface area contributed by atoms with E-state index in [2.05, 4.69) is 28.2 Å². The number of carbonyl (C=O) groups is 3. The quantitative estimate of drug-likeness (QED) is 0.615. The summed E-state index contributed by atoms with van der Waals surface area (Å²) in [6.45, 7) is 3.94. The van der Waals surface area contributed by atoms with Crippen molar-refractivity contribution in [2.75, 3.05) is 23.4 Å². The summed E-state index contributed by atoms with van der Waals surface area (Å²) in [5, 5.41) is 2.77. The number of anilines is 2. The number of ether oxygens (including phenoxy) is 1. The zero-order chi connectivity index (χ0) is 21.7. The van der Waals surface area contributed by atoms with Crippen LogP contribution in [0.15, 0.2) is 46.9 Å². The molecule has 1 N–H and O–H groups in total. The topological polar surface area (TPSA) is 75.7 Å². The van der Waals surface area contributed by atoms with Gasteiger partial charge in [-0.2, -0.15) is 0 Å². The third kappa shape index (κ3) is 5.27. The largest absolute Gasteiger partial charge is 0.455 e. The SMILES string of the molecule is CCc1ccc(N2C[C@@H](C(=O)OCC(=O)Nc3ccc(Br)cc3CC)CC2=O)cc1. The molecule has 30 heavy (non-hydrogen) atoms. The average molecular weight is 473 g/mol. The molecule has 0 saturated carbocycles. The van der Waals surface area contributed by atoms with Crippen LogP contribution in [0, 0.1) is 5.92 Å². The van der Waals surface area contributed by atoms with Crippen molar-refractivity contribution in [3.8, 4) is 0 Å². The van der Waals surface area contributed by atoms with Crippen molar-refractivity contribution >= 4 is 45.1 Å². The fourth-order valence-electron chi connectivity index (χ4n) is 3.44. The molecule has 2 aromatic rings. The zero-order valence-corrected chi connectivity index (χ0v) is 18.7. The van der Waals surface area contributed by atoms with E-state index in [1.807, 2.05) is 43.3 Å². The molecule has 1 saturated heterocycles. The highest BCUT2D eigenvalue weighted by molar-refractivity contribution is 9.10. The minimum absolute atomic E-state index is 0.0860. The van der Waals surface area contributed by atoms with Gasteiger partial charge in [0.05, 0.1) is 5.92 Å². The number of amides is 2. The van der Waals surface area contributed by atoms with Gasteiger partial charge in [-0.1, -0.05) is 41.9 Å². The van der Waals surface area contributed by atoms with E-state index in [9.17, 15) is 14.4 Å². The van der Waals surface area contributed by atoms with Crippen LogP contribution in [0.25, 0.3) is 0 Å². The smallest absolute Gasteiger partial charge is 0.311 e. The summed E-state index contributed by atoms with van der Waals surface area (Å²) in [7, 11) is 0. The number of hydrogen-bond acceptors (Lipinski definition) is 4. The first-order valence-electron chi connectivity index (χ1n) is 10.1. The third-order valence-corrected chi connectivity index (χ3v) is 5.68. The van der Waals surface area contributed by atoms with Crippen molar-refractivity contribution in [2.24, 2.45) is 5.92 Å². The van der Waals surface area contributed by atoms with Crippen molar-refractivity contribution in [1.29, 1.82) is 0 Å². The summed E-state index contributed by atoms with van der Waals surface area (Å²) < 4.78 is 6.12. The van der Waals surface area contributed by atoms with E-state index in [4.69, 9.17) is 4.74 Å². The lowest BCUT2D eigenvalue weighted by Gasteiger charge is -2.17. The number of halogens is 1. The van der Waals surface area contributed by atoms with Crippen LogP contribution in [0.3, 0.4) is 0 Å². The van der Waals surface area contributed by atoms with Crippen molar-refractivity contribution < 1.29 is 19.1 Å². The molecule has 1 aliphatic heterocycles. The van der Waals surface area contributed by atoms with Crippen LogP contribution in [0.1, 0.15) is 31.4 Å². The molecule has 0 spiro atoms. The second kappa shape index (κ2) is 9.89. The standard InChI is InChI=1S/C23H25BrN2O4/c1-3-15-5-8-19(9-6-15)26-13-17(12-22(26)28)23(29)30-14-21(27)25-20-10-7-18(24)11-16(20)4-2/h5-11,17H,3-4,12-14H2,1-2H3,(H,25,27)/t17-/m0/s1. The number of rotatable bonds is 7. The summed E-state index contributed by atoms with van der Waals surface area (Å²) in [5.41, 5.74) is 3.63. The van der Waals surface area contributed by atoms with Crippen LogP contribution < -0.4 is 10.2 Å². The summed E-state index contributed by atoms with van der Waals surface area (Å²) in [6.07, 6.45) is 1.77. The minimum atomic E-state index is -0.574. The number of carbonyl (C=O) groups excluding carboxylic acids is 3. The normalized spacial score (nSPS) is 15.9. The fourth-order valence-corrected chi connectivity index (χ4v) is 3.85. The van der Waals surface area contributed by atoms with E-state index in [1.165, 1.54) is 5.56 Å². The van der Waals surface area contributed by atoms with Crippen LogP contribution in [0.4, 0.5) is 11.4 Å². The lowest BCUT2D eigenvalue weighted by molar-refractivity contribution is -0.151. The number of esters is 1. The second-order valence-corrected chi connectivity index (χ2v) is 8.15. The lowest BCUT2D eigenvalue weighted by atomic mass is 10.1. The maximum Gasteiger partial charge on any atom is 0.311 e. The Morgan fingerprint density at radius 1 is 1.13 bits per heavy atom. The molecule has 7 heteroatoms. The molecule has 2 amide bonds. The molecular weight excluding hydrogens is 448 g/mol. The Hall–Kier alpha value is -2.67. The molecule has 6 nitrogen and oxygen atoms in total. The summed E-state index contributed by atoms with van der Waals surface area (Å²) >= 11 is 3.41. The van der Waals surface area contributed by atoms with E-state index in [0.29, 0.717) is 5.69 Å². The molecule has 0 aliphatic carbocycles. The van der Waals surface area contributed by atoms with E-state index < -0.39 is 17.8 Å². The number of nitrogens with zero attached hydrogens (tertiary/aromatic N) is 1. The number of aryl methyl sites for hydroxylation is 2. The Bertz CT molecular complexity index is 943. The van der Waals surface area contributed by atoms with Gasteiger partial charge in [0.2, 0.25) is 5.91 Å². The van der Waals surface area contributed by atoms with Crippen LogP contribution in [-0.2, 0) is 32.0 Å². The Balaban J connectivity index is 1.53.